The Hall–Kier alpha value is -2.74. The fraction of sp³-hybridized carbons (Fsp3) is 0.167. The van der Waals surface area contributed by atoms with E-state index < -0.39 is 6.61 Å². The molecule has 0 aliphatic carbocycles. The molecule has 0 amide bonds. The van der Waals surface area contributed by atoms with Gasteiger partial charge in [-0.25, -0.2) is 0 Å². The van der Waals surface area contributed by atoms with E-state index >= 15 is 0 Å². The van der Waals surface area contributed by atoms with Gasteiger partial charge in [-0.15, -0.1) is 0 Å². The normalized spacial score (nSPS) is 16.1. The van der Waals surface area contributed by atoms with Crippen LogP contribution in [-0.4, -0.2) is 34.9 Å². The van der Waals surface area contributed by atoms with E-state index in [-0.39, 0.29) is 5.75 Å². The minimum Gasteiger partial charge on any atom is -0.435 e. The molecule has 0 saturated carbocycles. The van der Waals surface area contributed by atoms with Crippen molar-refractivity contribution in [2.45, 2.75) is 13.0 Å². The van der Waals surface area contributed by atoms with Crippen LogP contribution in [0.25, 0.3) is 0 Å². The van der Waals surface area contributed by atoms with Crippen LogP contribution in [0.15, 0.2) is 69.1 Å². The zero-order valence-corrected chi connectivity index (χ0v) is 14.4. The number of nitrogens with zero attached hydrogens (tertiary/aromatic N) is 4. The summed E-state index contributed by atoms with van der Waals surface area (Å²) in [4.78, 5) is 4.52. The lowest BCUT2D eigenvalue weighted by Crippen LogP contribution is -2.33. The summed E-state index contributed by atoms with van der Waals surface area (Å²) in [7, 11) is 0. The number of benzene rings is 2. The molecule has 2 aliphatic rings. The minimum absolute atomic E-state index is 0.118. The van der Waals surface area contributed by atoms with Gasteiger partial charge in [-0.2, -0.15) is 23.3 Å². The van der Waals surface area contributed by atoms with Crippen molar-refractivity contribution in [3.05, 3.63) is 65.7 Å². The maximum Gasteiger partial charge on any atom is 0.387 e. The predicted molar refractivity (Wildman–Crippen MR) is 98.9 cm³/mol. The zero-order chi connectivity index (χ0) is 17.9. The second-order valence-corrected chi connectivity index (χ2v) is 6.35. The molecular weight excluding hydrogens is 358 g/mol. The van der Waals surface area contributed by atoms with Crippen LogP contribution in [0.2, 0.25) is 0 Å². The Bertz CT molecular complexity index is 882. The quantitative estimate of drug-likeness (QED) is 0.747. The largest absolute Gasteiger partial charge is 0.435 e. The van der Waals surface area contributed by atoms with E-state index in [4.69, 9.17) is 0 Å². The molecular formula is C18H14F2N4OS. The Morgan fingerprint density at radius 1 is 1.08 bits per heavy atom. The maximum atomic E-state index is 12.3. The number of fused-ring (bicyclic) bond motifs is 1. The Morgan fingerprint density at radius 2 is 1.85 bits per heavy atom. The van der Waals surface area contributed by atoms with Crippen LogP contribution in [0.3, 0.4) is 0 Å². The van der Waals surface area contributed by atoms with Crippen molar-refractivity contribution in [1.82, 2.24) is 5.01 Å². The summed E-state index contributed by atoms with van der Waals surface area (Å²) in [6.45, 7) is -2.42. The number of halogens is 2. The van der Waals surface area contributed by atoms with Crippen molar-refractivity contribution in [2.24, 2.45) is 14.5 Å². The molecule has 2 heterocycles. The van der Waals surface area contributed by atoms with Gasteiger partial charge >= 0.3 is 6.61 Å². The van der Waals surface area contributed by atoms with Crippen LogP contribution in [0.4, 0.5) is 8.78 Å². The van der Waals surface area contributed by atoms with Gasteiger partial charge in [0.05, 0.1) is 24.2 Å². The van der Waals surface area contributed by atoms with Gasteiger partial charge in [-0.1, -0.05) is 30.3 Å². The van der Waals surface area contributed by atoms with Gasteiger partial charge in [0, 0.05) is 6.42 Å². The summed E-state index contributed by atoms with van der Waals surface area (Å²) < 4.78 is 33.4. The van der Waals surface area contributed by atoms with E-state index in [9.17, 15) is 8.78 Å². The Morgan fingerprint density at radius 3 is 2.58 bits per heavy atom. The first-order valence-electron chi connectivity index (χ1n) is 7.94. The van der Waals surface area contributed by atoms with Crippen LogP contribution >= 0.6 is 11.9 Å². The van der Waals surface area contributed by atoms with Crippen molar-refractivity contribution >= 4 is 28.7 Å². The predicted octanol–water partition coefficient (Wildman–Crippen LogP) is 3.97. The van der Waals surface area contributed by atoms with Gasteiger partial charge in [-0.3, -0.25) is 4.99 Å². The summed E-state index contributed by atoms with van der Waals surface area (Å²) in [6, 6.07) is 16.4. The van der Waals surface area contributed by atoms with E-state index in [2.05, 4.69) is 19.2 Å². The third-order valence-corrected chi connectivity index (χ3v) is 4.63. The summed E-state index contributed by atoms with van der Waals surface area (Å²) in [5.41, 5.74) is 2.70. The Kier molecular flexibility index (Phi) is 4.66. The fourth-order valence-electron chi connectivity index (χ4n) is 2.64. The fourth-order valence-corrected chi connectivity index (χ4v) is 3.31. The molecule has 0 aromatic heterocycles. The number of alkyl halides is 2. The third-order valence-electron chi connectivity index (χ3n) is 3.86. The number of hydrogen-bond acceptors (Lipinski definition) is 6. The van der Waals surface area contributed by atoms with Crippen molar-refractivity contribution in [3.8, 4) is 5.75 Å². The zero-order valence-electron chi connectivity index (χ0n) is 13.5. The van der Waals surface area contributed by atoms with Crippen molar-refractivity contribution in [2.75, 3.05) is 6.54 Å². The van der Waals surface area contributed by atoms with Gasteiger partial charge < -0.3 is 4.74 Å². The average Bonchev–Trinajstić information content (AvgIpc) is 3.05. The lowest BCUT2D eigenvalue weighted by molar-refractivity contribution is -0.0498. The minimum atomic E-state index is -2.83. The second-order valence-electron chi connectivity index (χ2n) is 5.62. The molecule has 26 heavy (non-hydrogen) atoms. The standard InChI is InChI=1S/C18H14F2N4OS/c19-17(20)25-14-8-6-13(7-9-14)15-11-21-18-24(22-15)16(23-26-18)10-12-4-2-1-3-5-12/h1-9,17H,10-11H2. The van der Waals surface area contributed by atoms with E-state index in [1.807, 2.05) is 30.3 Å². The topological polar surface area (TPSA) is 49.5 Å². The molecule has 0 unspecified atom stereocenters. The molecule has 0 saturated heterocycles. The molecule has 8 heteroatoms. The van der Waals surface area contributed by atoms with Gasteiger partial charge in [0.2, 0.25) is 5.17 Å². The molecule has 2 aromatic rings. The SMILES string of the molecule is FC(F)Oc1ccc(C2=NN3C(Cc4ccccc4)=NSC3=NC2)cc1. The van der Waals surface area contributed by atoms with E-state index in [1.165, 1.54) is 24.1 Å². The Balaban J connectivity index is 1.52. The molecule has 5 nitrogen and oxygen atoms in total. The molecule has 0 fully saturated rings. The maximum absolute atomic E-state index is 12.3. The molecule has 0 radical (unpaired) electrons. The van der Waals surface area contributed by atoms with Gasteiger partial charge in [-0.05, 0) is 35.4 Å². The second kappa shape index (κ2) is 7.25. The highest BCUT2D eigenvalue weighted by Gasteiger charge is 2.28. The summed E-state index contributed by atoms with van der Waals surface area (Å²) in [5.74, 6) is 0.933. The Labute approximate surface area is 153 Å². The monoisotopic (exact) mass is 372 g/mol. The van der Waals surface area contributed by atoms with Crippen LogP contribution in [0.5, 0.6) is 5.75 Å². The van der Waals surface area contributed by atoms with E-state index in [0.29, 0.717) is 13.0 Å². The lowest BCUT2D eigenvalue weighted by atomic mass is 10.1. The molecule has 0 atom stereocenters. The van der Waals surface area contributed by atoms with Crippen molar-refractivity contribution in [1.29, 1.82) is 0 Å². The first kappa shape index (κ1) is 16.7. The van der Waals surface area contributed by atoms with Gasteiger partial charge in [0.15, 0.2) is 0 Å². The molecule has 2 aromatic carbocycles. The molecule has 0 bridgehead atoms. The molecule has 132 valence electrons. The number of rotatable bonds is 5. The highest BCUT2D eigenvalue weighted by molar-refractivity contribution is 8.13. The van der Waals surface area contributed by atoms with E-state index in [0.717, 1.165) is 27.8 Å². The number of aliphatic imine (C=N–C) groups is 1. The van der Waals surface area contributed by atoms with Crippen molar-refractivity contribution in [3.63, 3.8) is 0 Å². The smallest absolute Gasteiger partial charge is 0.387 e. The van der Waals surface area contributed by atoms with E-state index in [1.54, 1.807) is 17.1 Å². The van der Waals surface area contributed by atoms with Crippen LogP contribution < -0.4 is 4.74 Å². The average molecular weight is 372 g/mol. The third kappa shape index (κ3) is 3.60. The lowest BCUT2D eigenvalue weighted by Gasteiger charge is -2.20. The number of ether oxygens (including phenoxy) is 1. The summed E-state index contributed by atoms with van der Waals surface area (Å²) in [6.07, 6.45) is 0.658. The van der Waals surface area contributed by atoms with Crippen molar-refractivity contribution < 1.29 is 13.5 Å². The molecule has 0 N–H and O–H groups in total. The highest BCUT2D eigenvalue weighted by Crippen LogP contribution is 2.26. The molecule has 0 spiro atoms. The van der Waals surface area contributed by atoms with Gasteiger partial charge in [0.25, 0.3) is 0 Å². The van der Waals surface area contributed by atoms with Gasteiger partial charge in [0.1, 0.15) is 11.6 Å². The van der Waals surface area contributed by atoms with Crippen LogP contribution in [0.1, 0.15) is 11.1 Å². The molecule has 4 rings (SSSR count). The molecule has 2 aliphatic heterocycles. The highest BCUT2D eigenvalue weighted by atomic mass is 32.2. The van der Waals surface area contributed by atoms with Crippen LogP contribution in [0, 0.1) is 0 Å². The summed E-state index contributed by atoms with van der Waals surface area (Å²) in [5, 5.41) is 7.16. The number of hydrazone groups is 1. The number of hydrogen-bond donors (Lipinski definition) is 0. The first-order valence-corrected chi connectivity index (χ1v) is 8.71. The summed E-state index contributed by atoms with van der Waals surface area (Å²) >= 11 is 1.31. The number of amidine groups is 2. The first-order chi connectivity index (χ1) is 12.7. The van der Waals surface area contributed by atoms with Crippen LogP contribution in [-0.2, 0) is 6.42 Å².